The first-order chi connectivity index (χ1) is 12.1. The van der Waals surface area contributed by atoms with Gasteiger partial charge in [0, 0.05) is 19.2 Å². The molecule has 0 spiro atoms. The molecule has 7 heteroatoms. The summed E-state index contributed by atoms with van der Waals surface area (Å²) in [6, 6.07) is 11.2. The Kier molecular flexibility index (Phi) is 3.93. The van der Waals surface area contributed by atoms with Crippen molar-refractivity contribution in [2.45, 2.75) is 12.8 Å². The number of rotatable bonds is 4. The molecule has 0 atom stereocenters. The fourth-order valence-corrected chi connectivity index (χ4v) is 3.71. The van der Waals surface area contributed by atoms with Crippen LogP contribution in [0.1, 0.15) is 12.0 Å². The average Bonchev–Trinajstić information content (AvgIpc) is 3.17. The van der Waals surface area contributed by atoms with E-state index in [4.69, 9.17) is 9.47 Å². The molecule has 1 aliphatic heterocycles. The quantitative estimate of drug-likeness (QED) is 0.780. The van der Waals surface area contributed by atoms with Crippen molar-refractivity contribution >= 4 is 33.1 Å². The number of nitrogens with zero attached hydrogens (tertiary/aromatic N) is 1. The predicted octanol–water partition coefficient (Wildman–Crippen LogP) is 2.90. The van der Waals surface area contributed by atoms with E-state index in [9.17, 15) is 9.59 Å². The maximum atomic E-state index is 12.2. The number of amides is 1. The third-order valence-electron chi connectivity index (χ3n) is 4.15. The molecule has 6 nitrogen and oxygen atoms in total. The topological polar surface area (TPSA) is 69.6 Å². The highest BCUT2D eigenvalue weighted by Gasteiger charge is 2.14. The lowest BCUT2D eigenvalue weighted by Gasteiger charge is -2.06. The molecule has 2 aromatic carbocycles. The minimum Gasteiger partial charge on any atom is -0.454 e. The van der Waals surface area contributed by atoms with Gasteiger partial charge in [-0.3, -0.25) is 9.59 Å². The number of ether oxygens (including phenoxy) is 2. The molecule has 1 N–H and O–H groups in total. The lowest BCUT2D eigenvalue weighted by Crippen LogP contribution is -2.12. The van der Waals surface area contributed by atoms with Crippen LogP contribution in [0.2, 0.25) is 0 Å². The molecule has 0 fully saturated rings. The number of anilines is 1. The smallest absolute Gasteiger partial charge is 0.307 e. The minimum absolute atomic E-state index is 0.0127. The van der Waals surface area contributed by atoms with E-state index in [1.165, 1.54) is 11.3 Å². The first-order valence-electron chi connectivity index (χ1n) is 7.88. The molecule has 0 radical (unpaired) electrons. The third kappa shape index (κ3) is 3.10. The lowest BCUT2D eigenvalue weighted by atomic mass is 10.1. The van der Waals surface area contributed by atoms with Crippen molar-refractivity contribution < 1.29 is 14.3 Å². The summed E-state index contributed by atoms with van der Waals surface area (Å²) in [6.45, 7) is 0.243. The van der Waals surface area contributed by atoms with E-state index in [1.54, 1.807) is 11.6 Å². The Bertz CT molecular complexity index is 1020. The summed E-state index contributed by atoms with van der Waals surface area (Å²) in [6.07, 6.45) is 0.978. The van der Waals surface area contributed by atoms with Crippen LogP contribution in [0.5, 0.6) is 11.5 Å². The highest BCUT2D eigenvalue weighted by Crippen LogP contribution is 2.32. The molecule has 4 rings (SSSR count). The second kappa shape index (κ2) is 6.25. The fourth-order valence-electron chi connectivity index (χ4n) is 2.79. The van der Waals surface area contributed by atoms with E-state index in [-0.39, 0.29) is 17.6 Å². The monoisotopic (exact) mass is 356 g/mol. The molecule has 0 unspecified atom stereocenters. The molecule has 2 heterocycles. The zero-order chi connectivity index (χ0) is 17.4. The molecule has 1 aliphatic rings. The van der Waals surface area contributed by atoms with E-state index < -0.39 is 0 Å². The Labute approximate surface area is 147 Å². The van der Waals surface area contributed by atoms with Crippen LogP contribution in [0.25, 0.3) is 10.2 Å². The van der Waals surface area contributed by atoms with Crippen LogP contribution in [0.4, 0.5) is 5.69 Å². The van der Waals surface area contributed by atoms with Crippen LogP contribution in [0.3, 0.4) is 0 Å². The van der Waals surface area contributed by atoms with Gasteiger partial charge in [0.25, 0.3) is 0 Å². The van der Waals surface area contributed by atoms with Crippen LogP contribution in [-0.4, -0.2) is 17.3 Å². The molecular weight excluding hydrogens is 340 g/mol. The Morgan fingerprint density at radius 2 is 2.04 bits per heavy atom. The predicted molar refractivity (Wildman–Crippen MR) is 96.6 cm³/mol. The molecule has 0 aliphatic carbocycles. The average molecular weight is 356 g/mol. The van der Waals surface area contributed by atoms with E-state index in [1.807, 2.05) is 36.4 Å². The molecule has 3 aromatic rings. The van der Waals surface area contributed by atoms with E-state index in [0.717, 1.165) is 27.3 Å². The van der Waals surface area contributed by atoms with Crippen molar-refractivity contribution in [3.8, 4) is 11.5 Å². The fraction of sp³-hybridized carbons (Fsp3) is 0.222. The van der Waals surface area contributed by atoms with Crippen LogP contribution in [-0.2, 0) is 18.3 Å². The van der Waals surface area contributed by atoms with Gasteiger partial charge in [0.15, 0.2) is 11.5 Å². The maximum absolute atomic E-state index is 12.2. The molecule has 128 valence electrons. The van der Waals surface area contributed by atoms with Gasteiger partial charge in [0.05, 0.1) is 10.2 Å². The Balaban J connectivity index is 1.41. The third-order valence-corrected chi connectivity index (χ3v) is 5.15. The number of carbonyl (C=O) groups excluding carboxylic acids is 1. The van der Waals surface area contributed by atoms with Crippen LogP contribution in [0, 0.1) is 0 Å². The summed E-state index contributed by atoms with van der Waals surface area (Å²) in [5.74, 6) is 1.39. The van der Waals surface area contributed by atoms with Gasteiger partial charge in [-0.05, 0) is 42.3 Å². The van der Waals surface area contributed by atoms with Crippen molar-refractivity contribution in [3.63, 3.8) is 0 Å². The van der Waals surface area contributed by atoms with Gasteiger partial charge in [-0.25, -0.2) is 0 Å². The van der Waals surface area contributed by atoms with Crippen molar-refractivity contribution in [2.24, 2.45) is 7.05 Å². The number of hydrogen-bond donors (Lipinski definition) is 1. The summed E-state index contributed by atoms with van der Waals surface area (Å²) in [4.78, 5) is 23.9. The molecule has 0 saturated carbocycles. The number of benzene rings is 2. The molecule has 25 heavy (non-hydrogen) atoms. The molecular formula is C18H16N2O4S. The first-order valence-corrected chi connectivity index (χ1v) is 8.70. The number of aromatic nitrogens is 1. The van der Waals surface area contributed by atoms with Gasteiger partial charge >= 0.3 is 4.87 Å². The van der Waals surface area contributed by atoms with Crippen molar-refractivity contribution in [2.75, 3.05) is 12.1 Å². The summed E-state index contributed by atoms with van der Waals surface area (Å²) in [5, 5.41) is 2.89. The first kappa shape index (κ1) is 15.7. The Morgan fingerprint density at radius 1 is 1.20 bits per heavy atom. The summed E-state index contributed by atoms with van der Waals surface area (Å²) < 4.78 is 13.1. The number of thiazole rings is 1. The molecule has 1 aromatic heterocycles. The maximum Gasteiger partial charge on any atom is 0.307 e. The van der Waals surface area contributed by atoms with Crippen molar-refractivity contribution in [1.82, 2.24) is 4.57 Å². The number of fused-ring (bicyclic) bond motifs is 2. The second-order valence-electron chi connectivity index (χ2n) is 5.85. The van der Waals surface area contributed by atoms with Gasteiger partial charge in [-0.1, -0.05) is 17.4 Å². The van der Waals surface area contributed by atoms with Crippen LogP contribution < -0.4 is 19.7 Å². The molecule has 0 bridgehead atoms. The number of aryl methyl sites for hydroxylation is 2. The van der Waals surface area contributed by atoms with Gasteiger partial charge in [0.1, 0.15) is 0 Å². The number of hydrogen-bond acceptors (Lipinski definition) is 5. The zero-order valence-corrected chi connectivity index (χ0v) is 14.4. The summed E-state index contributed by atoms with van der Waals surface area (Å²) >= 11 is 1.17. The van der Waals surface area contributed by atoms with Gasteiger partial charge in [0.2, 0.25) is 12.7 Å². The van der Waals surface area contributed by atoms with Gasteiger partial charge in [-0.2, -0.15) is 0 Å². The van der Waals surface area contributed by atoms with Crippen molar-refractivity contribution in [3.05, 3.63) is 51.6 Å². The van der Waals surface area contributed by atoms with E-state index >= 15 is 0 Å². The lowest BCUT2D eigenvalue weighted by molar-refractivity contribution is -0.116. The Morgan fingerprint density at radius 3 is 2.92 bits per heavy atom. The summed E-state index contributed by atoms with van der Waals surface area (Å²) in [5.41, 5.74) is 2.59. The minimum atomic E-state index is -0.0692. The van der Waals surface area contributed by atoms with Gasteiger partial charge < -0.3 is 19.4 Å². The summed E-state index contributed by atoms with van der Waals surface area (Å²) in [7, 11) is 1.74. The number of nitrogens with one attached hydrogen (secondary N) is 1. The molecule has 1 amide bonds. The van der Waals surface area contributed by atoms with Crippen LogP contribution in [0.15, 0.2) is 41.2 Å². The van der Waals surface area contributed by atoms with Crippen LogP contribution >= 0.6 is 11.3 Å². The Hall–Kier alpha value is -2.80. The van der Waals surface area contributed by atoms with E-state index in [0.29, 0.717) is 18.5 Å². The highest BCUT2D eigenvalue weighted by atomic mass is 32.1. The molecule has 0 saturated heterocycles. The standard InChI is InChI=1S/C18H16N2O4S/c1-20-13-5-4-12(9-16(13)25-18(20)22)19-17(21)7-3-11-2-6-14-15(8-11)24-10-23-14/h2,4-6,8-9H,3,7,10H2,1H3,(H,19,21). The second-order valence-corrected chi connectivity index (χ2v) is 6.84. The SMILES string of the molecule is Cn1c(=O)sc2cc(NC(=O)CCc3ccc4c(c3)OCO4)ccc21. The zero-order valence-electron chi connectivity index (χ0n) is 13.6. The normalized spacial score (nSPS) is 12.5. The van der Waals surface area contributed by atoms with E-state index in [2.05, 4.69) is 5.32 Å². The highest BCUT2D eigenvalue weighted by molar-refractivity contribution is 7.16. The van der Waals surface area contributed by atoms with Gasteiger partial charge in [-0.15, -0.1) is 0 Å². The number of carbonyl (C=O) groups is 1. The van der Waals surface area contributed by atoms with Crippen molar-refractivity contribution in [1.29, 1.82) is 0 Å². The largest absolute Gasteiger partial charge is 0.454 e.